The Morgan fingerprint density at radius 2 is 2.00 bits per heavy atom. The van der Waals surface area contributed by atoms with Gasteiger partial charge in [-0.1, -0.05) is 76.7 Å². The Balaban J connectivity index is 1.99. The summed E-state index contributed by atoms with van der Waals surface area (Å²) < 4.78 is 8.24. The fourth-order valence-corrected chi connectivity index (χ4v) is 5.08. The molecule has 2 heterocycles. The number of esters is 1. The molecule has 158 valence electrons. The van der Waals surface area contributed by atoms with Gasteiger partial charge in [0.2, 0.25) is 0 Å². The third-order valence-electron chi connectivity index (χ3n) is 5.26. The minimum Gasteiger partial charge on any atom is -0.466 e. The number of ether oxygens (including phenoxy) is 1. The first kappa shape index (κ1) is 21.5. The van der Waals surface area contributed by atoms with E-state index in [0.717, 1.165) is 21.2 Å². The van der Waals surface area contributed by atoms with Crippen molar-refractivity contribution in [3.63, 3.8) is 0 Å². The maximum absolute atomic E-state index is 13.5. The number of nitrogens with zero attached hydrogens (tertiary/aromatic N) is 2. The SMILES string of the molecule is CCC1=C(C(=O)OC)[C@H](c2ccccc2)n2c(s/c(=C/c3ccc(C)c(Br)c3)c2=O)=N1. The van der Waals surface area contributed by atoms with E-state index in [2.05, 4.69) is 20.9 Å². The molecular weight excluding hydrogens is 476 g/mol. The molecule has 4 rings (SSSR count). The van der Waals surface area contributed by atoms with Gasteiger partial charge in [0.1, 0.15) is 0 Å². The van der Waals surface area contributed by atoms with Crippen LogP contribution in [0, 0.1) is 6.92 Å². The van der Waals surface area contributed by atoms with E-state index in [0.29, 0.717) is 27.0 Å². The van der Waals surface area contributed by atoms with Crippen LogP contribution in [0.5, 0.6) is 0 Å². The zero-order chi connectivity index (χ0) is 22.1. The van der Waals surface area contributed by atoms with E-state index in [1.165, 1.54) is 18.4 Å². The van der Waals surface area contributed by atoms with Crippen molar-refractivity contribution in [1.29, 1.82) is 0 Å². The third-order valence-corrected chi connectivity index (χ3v) is 7.10. The Kier molecular flexibility index (Phi) is 6.07. The first-order chi connectivity index (χ1) is 14.9. The number of hydrogen-bond acceptors (Lipinski definition) is 5. The highest BCUT2D eigenvalue weighted by atomic mass is 79.9. The maximum Gasteiger partial charge on any atom is 0.338 e. The summed E-state index contributed by atoms with van der Waals surface area (Å²) in [4.78, 5) is 31.5. The topological polar surface area (TPSA) is 60.7 Å². The number of methoxy groups -OCH3 is 1. The molecule has 0 N–H and O–H groups in total. The zero-order valence-electron chi connectivity index (χ0n) is 17.4. The quantitative estimate of drug-likeness (QED) is 0.515. The fourth-order valence-electron chi connectivity index (χ4n) is 3.67. The van der Waals surface area contributed by atoms with Crippen LogP contribution in [0.2, 0.25) is 0 Å². The lowest BCUT2D eigenvalue weighted by Crippen LogP contribution is -2.40. The zero-order valence-corrected chi connectivity index (χ0v) is 19.8. The van der Waals surface area contributed by atoms with E-state index in [1.54, 1.807) is 4.57 Å². The molecule has 0 spiro atoms. The van der Waals surface area contributed by atoms with Crippen LogP contribution in [0.15, 0.2) is 74.1 Å². The Morgan fingerprint density at radius 3 is 2.65 bits per heavy atom. The van der Waals surface area contributed by atoms with Gasteiger partial charge in [0.15, 0.2) is 4.80 Å². The molecule has 0 bridgehead atoms. The van der Waals surface area contributed by atoms with Crippen LogP contribution < -0.4 is 14.9 Å². The van der Waals surface area contributed by atoms with Gasteiger partial charge >= 0.3 is 5.97 Å². The molecule has 1 aliphatic rings. The van der Waals surface area contributed by atoms with Gasteiger partial charge in [0.05, 0.1) is 29.0 Å². The van der Waals surface area contributed by atoms with Crippen LogP contribution >= 0.6 is 27.3 Å². The van der Waals surface area contributed by atoms with E-state index in [-0.39, 0.29) is 5.56 Å². The summed E-state index contributed by atoms with van der Waals surface area (Å²) in [6.07, 6.45) is 2.42. The summed E-state index contributed by atoms with van der Waals surface area (Å²) in [6.45, 7) is 3.96. The third kappa shape index (κ3) is 3.95. The molecule has 2 aromatic carbocycles. The molecule has 0 saturated heterocycles. The molecule has 0 fully saturated rings. The number of aryl methyl sites for hydroxylation is 1. The smallest absolute Gasteiger partial charge is 0.338 e. The van der Waals surface area contributed by atoms with E-state index < -0.39 is 12.0 Å². The highest BCUT2D eigenvalue weighted by molar-refractivity contribution is 9.10. The van der Waals surface area contributed by atoms with Crippen molar-refractivity contribution in [3.05, 3.63) is 101 Å². The minimum atomic E-state index is -0.577. The Labute approximate surface area is 192 Å². The van der Waals surface area contributed by atoms with Crippen molar-refractivity contribution < 1.29 is 9.53 Å². The summed E-state index contributed by atoms with van der Waals surface area (Å²) in [6, 6.07) is 14.9. The number of halogens is 1. The number of allylic oxidation sites excluding steroid dienone is 1. The first-order valence-electron chi connectivity index (χ1n) is 9.88. The molecule has 1 aliphatic heterocycles. The first-order valence-corrected chi connectivity index (χ1v) is 11.5. The van der Waals surface area contributed by atoms with Crippen LogP contribution in [-0.4, -0.2) is 17.6 Å². The number of thiazole rings is 1. The number of benzene rings is 2. The lowest BCUT2D eigenvalue weighted by atomic mass is 9.95. The molecule has 5 nitrogen and oxygen atoms in total. The lowest BCUT2D eigenvalue weighted by Gasteiger charge is -2.25. The molecule has 1 atom stereocenters. The predicted molar refractivity (Wildman–Crippen MR) is 126 cm³/mol. The standard InChI is InChI=1S/C24H21BrN2O3S/c1-4-18-20(23(29)30-3)21(16-8-6-5-7-9-16)27-22(28)19(31-24(27)26-18)13-15-11-10-14(2)17(25)12-15/h5-13,21H,4H2,1-3H3/b19-13+/t21-/m0/s1. The second-order valence-corrected chi connectivity index (χ2v) is 9.07. The summed E-state index contributed by atoms with van der Waals surface area (Å²) in [7, 11) is 1.35. The van der Waals surface area contributed by atoms with Gasteiger partial charge in [-0.05, 0) is 42.2 Å². The van der Waals surface area contributed by atoms with Gasteiger partial charge in [0, 0.05) is 4.47 Å². The van der Waals surface area contributed by atoms with Gasteiger partial charge in [0.25, 0.3) is 5.56 Å². The molecule has 1 aromatic heterocycles. The summed E-state index contributed by atoms with van der Waals surface area (Å²) in [5.74, 6) is -0.466. The lowest BCUT2D eigenvalue weighted by molar-refractivity contribution is -0.136. The van der Waals surface area contributed by atoms with Crippen LogP contribution in [0.1, 0.15) is 36.1 Å². The van der Waals surface area contributed by atoms with Crippen molar-refractivity contribution in [3.8, 4) is 0 Å². The number of carbonyl (C=O) groups excluding carboxylic acids is 1. The van der Waals surface area contributed by atoms with Crippen molar-refractivity contribution in [2.75, 3.05) is 7.11 Å². The van der Waals surface area contributed by atoms with E-state index >= 15 is 0 Å². The maximum atomic E-state index is 13.5. The summed E-state index contributed by atoms with van der Waals surface area (Å²) in [5.41, 5.74) is 3.76. The Hall–Kier alpha value is -2.77. The number of aromatic nitrogens is 1. The van der Waals surface area contributed by atoms with Crippen LogP contribution in [0.25, 0.3) is 6.08 Å². The average molecular weight is 497 g/mol. The van der Waals surface area contributed by atoms with Gasteiger partial charge in [-0.2, -0.15) is 0 Å². The summed E-state index contributed by atoms with van der Waals surface area (Å²) >= 11 is 4.88. The van der Waals surface area contributed by atoms with Crippen LogP contribution in [-0.2, 0) is 9.53 Å². The predicted octanol–water partition coefficient (Wildman–Crippen LogP) is 3.87. The molecule has 3 aromatic rings. The van der Waals surface area contributed by atoms with E-state index in [1.807, 2.05) is 68.5 Å². The number of fused-ring (bicyclic) bond motifs is 1. The monoisotopic (exact) mass is 496 g/mol. The number of rotatable bonds is 4. The normalized spacial score (nSPS) is 16.1. The molecule has 0 unspecified atom stereocenters. The van der Waals surface area contributed by atoms with Gasteiger partial charge in [-0.3, -0.25) is 9.36 Å². The summed E-state index contributed by atoms with van der Waals surface area (Å²) in [5, 5.41) is 0. The van der Waals surface area contributed by atoms with Crippen molar-refractivity contribution >= 4 is 39.3 Å². The molecule has 0 aliphatic carbocycles. The minimum absolute atomic E-state index is 0.175. The van der Waals surface area contributed by atoms with Gasteiger partial charge in [-0.15, -0.1) is 0 Å². The second-order valence-electron chi connectivity index (χ2n) is 7.21. The van der Waals surface area contributed by atoms with Gasteiger partial charge in [-0.25, -0.2) is 9.79 Å². The van der Waals surface area contributed by atoms with Crippen LogP contribution in [0.3, 0.4) is 0 Å². The molecule has 0 amide bonds. The van der Waals surface area contributed by atoms with Crippen molar-refractivity contribution in [2.24, 2.45) is 4.99 Å². The largest absolute Gasteiger partial charge is 0.466 e. The second kappa shape index (κ2) is 8.77. The molecule has 0 saturated carbocycles. The molecule has 0 radical (unpaired) electrons. The molecule has 31 heavy (non-hydrogen) atoms. The van der Waals surface area contributed by atoms with E-state index in [9.17, 15) is 9.59 Å². The van der Waals surface area contributed by atoms with Crippen molar-refractivity contribution in [2.45, 2.75) is 26.3 Å². The number of hydrogen-bond donors (Lipinski definition) is 0. The Bertz CT molecular complexity index is 1370. The fraction of sp³-hybridized carbons (Fsp3) is 0.208. The average Bonchev–Trinajstić information content (AvgIpc) is 3.09. The molecular formula is C24H21BrN2O3S. The molecule has 7 heteroatoms. The van der Waals surface area contributed by atoms with Crippen LogP contribution in [0.4, 0.5) is 0 Å². The Morgan fingerprint density at radius 1 is 1.26 bits per heavy atom. The highest BCUT2D eigenvalue weighted by Crippen LogP contribution is 2.31. The highest BCUT2D eigenvalue weighted by Gasteiger charge is 2.33. The van der Waals surface area contributed by atoms with E-state index in [4.69, 9.17) is 4.74 Å². The number of carbonyl (C=O) groups is 1. The van der Waals surface area contributed by atoms with Crippen molar-refractivity contribution in [1.82, 2.24) is 4.57 Å². The van der Waals surface area contributed by atoms with Gasteiger partial charge < -0.3 is 4.74 Å².